The average molecular weight is 347 g/mol. The SMILES string of the molecule is CCCN1C(=O)/C(=C/c2ccc(-c3ccc(Cl)cc3)o2)NC1=S. The Kier molecular flexibility index (Phi) is 4.50. The van der Waals surface area contributed by atoms with Gasteiger partial charge in [-0.3, -0.25) is 9.69 Å². The lowest BCUT2D eigenvalue weighted by Gasteiger charge is -2.11. The Morgan fingerprint density at radius 3 is 2.70 bits per heavy atom. The van der Waals surface area contributed by atoms with Crippen LogP contribution in [0.1, 0.15) is 19.1 Å². The molecule has 4 nitrogen and oxygen atoms in total. The first-order valence-corrected chi connectivity index (χ1v) is 8.07. The fraction of sp³-hybridized carbons (Fsp3) is 0.176. The molecule has 0 aliphatic carbocycles. The third-order valence-electron chi connectivity index (χ3n) is 3.45. The monoisotopic (exact) mass is 346 g/mol. The molecule has 0 radical (unpaired) electrons. The van der Waals surface area contributed by atoms with Crippen LogP contribution < -0.4 is 5.32 Å². The van der Waals surface area contributed by atoms with Gasteiger partial charge in [-0.05, 0) is 55.0 Å². The molecule has 0 saturated carbocycles. The normalized spacial score (nSPS) is 16.3. The van der Waals surface area contributed by atoms with Crippen molar-refractivity contribution in [1.29, 1.82) is 0 Å². The Morgan fingerprint density at radius 1 is 1.26 bits per heavy atom. The van der Waals surface area contributed by atoms with Gasteiger partial charge in [0.1, 0.15) is 17.2 Å². The maximum atomic E-state index is 12.3. The Balaban J connectivity index is 1.82. The van der Waals surface area contributed by atoms with Crippen molar-refractivity contribution in [2.24, 2.45) is 0 Å². The topological polar surface area (TPSA) is 45.5 Å². The number of rotatable bonds is 4. The van der Waals surface area contributed by atoms with Crippen LogP contribution in [0.3, 0.4) is 0 Å². The summed E-state index contributed by atoms with van der Waals surface area (Å²) in [6.07, 6.45) is 2.52. The van der Waals surface area contributed by atoms with Crippen LogP contribution in [0, 0.1) is 0 Å². The van der Waals surface area contributed by atoms with Crippen LogP contribution in [0.15, 0.2) is 46.5 Å². The minimum atomic E-state index is -0.124. The van der Waals surface area contributed by atoms with Crippen molar-refractivity contribution >= 4 is 40.9 Å². The molecular formula is C17H15ClN2O2S. The van der Waals surface area contributed by atoms with E-state index < -0.39 is 0 Å². The summed E-state index contributed by atoms with van der Waals surface area (Å²) < 4.78 is 5.78. The van der Waals surface area contributed by atoms with Crippen molar-refractivity contribution in [3.05, 3.63) is 52.9 Å². The van der Waals surface area contributed by atoms with Crippen molar-refractivity contribution in [3.63, 3.8) is 0 Å². The van der Waals surface area contributed by atoms with E-state index in [0.29, 0.717) is 33.9 Å². The van der Waals surface area contributed by atoms with Crippen LogP contribution in [-0.2, 0) is 4.79 Å². The van der Waals surface area contributed by atoms with Gasteiger partial charge in [0.2, 0.25) is 0 Å². The first kappa shape index (κ1) is 15.8. The molecule has 1 aromatic carbocycles. The van der Waals surface area contributed by atoms with Gasteiger partial charge in [-0.1, -0.05) is 18.5 Å². The lowest BCUT2D eigenvalue weighted by atomic mass is 10.2. The number of halogens is 1. The van der Waals surface area contributed by atoms with Crippen molar-refractivity contribution in [1.82, 2.24) is 10.2 Å². The van der Waals surface area contributed by atoms with E-state index in [4.69, 9.17) is 28.2 Å². The zero-order valence-electron chi connectivity index (χ0n) is 12.5. The summed E-state index contributed by atoms with van der Waals surface area (Å²) >= 11 is 11.1. The van der Waals surface area contributed by atoms with Gasteiger partial charge in [-0.25, -0.2) is 0 Å². The fourth-order valence-electron chi connectivity index (χ4n) is 2.34. The first-order valence-electron chi connectivity index (χ1n) is 7.29. The molecule has 1 amide bonds. The van der Waals surface area contributed by atoms with Gasteiger partial charge in [0.15, 0.2) is 5.11 Å². The molecule has 23 heavy (non-hydrogen) atoms. The molecule has 1 aliphatic rings. The molecule has 0 atom stereocenters. The molecule has 118 valence electrons. The van der Waals surface area contributed by atoms with Crippen molar-refractivity contribution < 1.29 is 9.21 Å². The van der Waals surface area contributed by atoms with Crippen molar-refractivity contribution in [3.8, 4) is 11.3 Å². The van der Waals surface area contributed by atoms with E-state index in [1.54, 1.807) is 23.1 Å². The number of benzene rings is 1. The molecule has 0 unspecified atom stereocenters. The summed E-state index contributed by atoms with van der Waals surface area (Å²) in [5.41, 5.74) is 1.35. The Hall–Kier alpha value is -2.11. The highest BCUT2D eigenvalue weighted by atomic mass is 35.5. The average Bonchev–Trinajstić information content (AvgIpc) is 3.09. The van der Waals surface area contributed by atoms with E-state index in [-0.39, 0.29) is 5.91 Å². The van der Waals surface area contributed by atoms with Gasteiger partial charge in [0, 0.05) is 23.2 Å². The Bertz CT molecular complexity index is 780. The number of nitrogens with one attached hydrogen (secondary N) is 1. The van der Waals surface area contributed by atoms with E-state index in [0.717, 1.165) is 12.0 Å². The van der Waals surface area contributed by atoms with Gasteiger partial charge >= 0.3 is 0 Å². The molecule has 0 bridgehead atoms. The summed E-state index contributed by atoms with van der Waals surface area (Å²) in [6, 6.07) is 11.1. The number of carbonyl (C=O) groups excluding carboxylic acids is 1. The number of nitrogens with zero attached hydrogens (tertiary/aromatic N) is 1. The van der Waals surface area contributed by atoms with Gasteiger partial charge in [-0.2, -0.15) is 0 Å². The van der Waals surface area contributed by atoms with Crippen LogP contribution >= 0.6 is 23.8 Å². The number of amides is 1. The molecule has 0 spiro atoms. The Morgan fingerprint density at radius 2 is 2.00 bits per heavy atom. The molecule has 1 aliphatic heterocycles. The number of carbonyl (C=O) groups is 1. The second-order valence-electron chi connectivity index (χ2n) is 5.15. The van der Waals surface area contributed by atoms with Crippen LogP contribution in [0.2, 0.25) is 5.02 Å². The minimum Gasteiger partial charge on any atom is -0.457 e. The largest absolute Gasteiger partial charge is 0.457 e. The van der Waals surface area contributed by atoms with Crippen LogP contribution in [0.25, 0.3) is 17.4 Å². The van der Waals surface area contributed by atoms with E-state index in [9.17, 15) is 4.79 Å². The minimum absolute atomic E-state index is 0.124. The molecule has 6 heteroatoms. The number of hydrogen-bond donors (Lipinski definition) is 1. The summed E-state index contributed by atoms with van der Waals surface area (Å²) in [4.78, 5) is 13.8. The van der Waals surface area contributed by atoms with E-state index in [1.165, 1.54) is 0 Å². The second kappa shape index (κ2) is 6.56. The van der Waals surface area contributed by atoms with Gasteiger partial charge in [-0.15, -0.1) is 0 Å². The summed E-state index contributed by atoms with van der Waals surface area (Å²) in [5, 5.41) is 4.05. The quantitative estimate of drug-likeness (QED) is 0.669. The summed E-state index contributed by atoms with van der Waals surface area (Å²) in [7, 11) is 0. The van der Waals surface area contributed by atoms with E-state index >= 15 is 0 Å². The molecule has 1 saturated heterocycles. The first-order chi connectivity index (χ1) is 11.1. The van der Waals surface area contributed by atoms with Crippen LogP contribution in [-0.4, -0.2) is 22.5 Å². The number of thiocarbonyl (C=S) groups is 1. The zero-order valence-corrected chi connectivity index (χ0v) is 14.1. The molecule has 3 rings (SSSR count). The number of furan rings is 1. The van der Waals surface area contributed by atoms with Gasteiger partial charge in [0.05, 0.1) is 0 Å². The molecule has 1 aromatic heterocycles. The highest BCUT2D eigenvalue weighted by Crippen LogP contribution is 2.25. The predicted octanol–water partition coefficient (Wildman–Crippen LogP) is 4.07. The van der Waals surface area contributed by atoms with Crippen LogP contribution in [0.5, 0.6) is 0 Å². The summed E-state index contributed by atoms with van der Waals surface area (Å²) in [5.74, 6) is 1.18. The van der Waals surface area contributed by atoms with Crippen LogP contribution in [0.4, 0.5) is 0 Å². The van der Waals surface area contributed by atoms with Gasteiger partial charge < -0.3 is 9.73 Å². The lowest BCUT2D eigenvalue weighted by Crippen LogP contribution is -2.31. The third-order valence-corrected chi connectivity index (χ3v) is 4.03. The molecular weight excluding hydrogens is 332 g/mol. The third kappa shape index (κ3) is 3.30. The molecule has 1 N–H and O–H groups in total. The number of hydrogen-bond acceptors (Lipinski definition) is 3. The smallest absolute Gasteiger partial charge is 0.276 e. The second-order valence-corrected chi connectivity index (χ2v) is 5.98. The zero-order chi connectivity index (χ0) is 16.4. The molecule has 1 fully saturated rings. The maximum absolute atomic E-state index is 12.3. The van der Waals surface area contributed by atoms with Gasteiger partial charge in [0.25, 0.3) is 5.91 Å². The lowest BCUT2D eigenvalue weighted by molar-refractivity contribution is -0.122. The van der Waals surface area contributed by atoms with Crippen molar-refractivity contribution in [2.45, 2.75) is 13.3 Å². The Labute approximate surface area is 144 Å². The van der Waals surface area contributed by atoms with Crippen molar-refractivity contribution in [2.75, 3.05) is 6.54 Å². The summed E-state index contributed by atoms with van der Waals surface area (Å²) in [6.45, 7) is 2.61. The standard InChI is InChI=1S/C17H15ClN2O2S/c1-2-9-20-16(21)14(19-17(20)23)10-13-7-8-15(22-13)11-3-5-12(18)6-4-11/h3-8,10H,2,9H2,1H3,(H,19,23)/b14-10-. The highest BCUT2D eigenvalue weighted by Gasteiger charge is 2.29. The highest BCUT2D eigenvalue weighted by molar-refractivity contribution is 7.80. The predicted molar refractivity (Wildman–Crippen MR) is 94.9 cm³/mol. The maximum Gasteiger partial charge on any atom is 0.276 e. The van der Waals surface area contributed by atoms with E-state index in [2.05, 4.69) is 5.32 Å². The molecule has 2 heterocycles. The molecule has 2 aromatic rings. The fourth-order valence-corrected chi connectivity index (χ4v) is 2.75. The van der Waals surface area contributed by atoms with E-state index in [1.807, 2.05) is 31.2 Å².